The van der Waals surface area contributed by atoms with Crippen molar-refractivity contribution in [3.63, 3.8) is 0 Å². The van der Waals surface area contributed by atoms with Gasteiger partial charge in [0.1, 0.15) is 0 Å². The number of benzene rings is 1. The highest BCUT2D eigenvalue weighted by molar-refractivity contribution is 6.29. The molecule has 98 valence electrons. The molecule has 0 radical (unpaired) electrons. The lowest BCUT2D eigenvalue weighted by Gasteiger charge is -2.36. The Labute approximate surface area is 117 Å². The Balaban J connectivity index is 1.86. The topological polar surface area (TPSA) is 32.3 Å². The van der Waals surface area contributed by atoms with E-state index in [1.54, 1.807) is 6.07 Å². The fraction of sp³-hybridized carbons (Fsp3) is 0.286. The molecule has 19 heavy (non-hydrogen) atoms. The van der Waals surface area contributed by atoms with Crippen molar-refractivity contribution in [3.8, 4) is 0 Å². The van der Waals surface area contributed by atoms with Crippen LogP contribution in [0.3, 0.4) is 0 Å². The third-order valence-electron chi connectivity index (χ3n) is 3.38. The normalized spacial score (nSPS) is 14.4. The second-order valence-corrected chi connectivity index (χ2v) is 5.07. The minimum atomic E-state index is 0.433. The summed E-state index contributed by atoms with van der Waals surface area (Å²) in [5.74, 6) is 0. The molecule has 0 amide bonds. The van der Waals surface area contributed by atoms with Crippen LogP contribution in [-0.4, -0.2) is 30.3 Å². The number of halogens is 1. The molecular formula is C14H15ClN4. The van der Waals surface area contributed by atoms with Gasteiger partial charge in [-0.05, 0) is 24.3 Å². The number of hydrogen-bond donors (Lipinski definition) is 0. The van der Waals surface area contributed by atoms with Crippen molar-refractivity contribution in [2.24, 2.45) is 0 Å². The number of aromatic nitrogens is 2. The number of hydrogen-bond acceptors (Lipinski definition) is 4. The van der Waals surface area contributed by atoms with Gasteiger partial charge in [-0.3, -0.25) is 0 Å². The van der Waals surface area contributed by atoms with Crippen LogP contribution in [0.15, 0.2) is 36.4 Å². The number of para-hydroxylation sites is 2. The molecule has 1 aromatic carbocycles. The Bertz CT molecular complexity index is 570. The van der Waals surface area contributed by atoms with E-state index in [9.17, 15) is 0 Å². The van der Waals surface area contributed by atoms with Crippen molar-refractivity contribution < 1.29 is 0 Å². The summed E-state index contributed by atoms with van der Waals surface area (Å²) in [6.07, 6.45) is 0. The molecule has 0 bridgehead atoms. The molecule has 3 rings (SSSR count). The Morgan fingerprint density at radius 2 is 1.84 bits per heavy atom. The number of rotatable bonds is 2. The summed E-state index contributed by atoms with van der Waals surface area (Å²) in [6, 6.07) is 12.1. The fourth-order valence-corrected chi connectivity index (χ4v) is 2.45. The molecule has 0 saturated carbocycles. The first-order valence-corrected chi connectivity index (χ1v) is 6.65. The van der Waals surface area contributed by atoms with E-state index in [-0.39, 0.29) is 0 Å². The molecule has 0 N–H and O–H groups in total. The van der Waals surface area contributed by atoms with Gasteiger partial charge < -0.3 is 9.80 Å². The van der Waals surface area contributed by atoms with Crippen molar-refractivity contribution >= 4 is 23.0 Å². The van der Waals surface area contributed by atoms with E-state index < -0.39 is 0 Å². The monoisotopic (exact) mass is 274 g/mol. The smallest absolute Gasteiger partial charge is 0.151 e. The van der Waals surface area contributed by atoms with E-state index in [2.05, 4.69) is 51.3 Å². The molecule has 0 atom stereocenters. The van der Waals surface area contributed by atoms with Crippen molar-refractivity contribution in [2.75, 3.05) is 29.9 Å². The van der Waals surface area contributed by atoms with Gasteiger partial charge in [0.2, 0.25) is 0 Å². The highest BCUT2D eigenvalue weighted by atomic mass is 35.5. The zero-order chi connectivity index (χ0) is 13.2. The maximum Gasteiger partial charge on any atom is 0.151 e. The van der Waals surface area contributed by atoms with Crippen LogP contribution < -0.4 is 9.80 Å². The molecule has 1 aromatic heterocycles. The first-order chi connectivity index (χ1) is 9.24. The Hall–Kier alpha value is -1.81. The van der Waals surface area contributed by atoms with Crippen LogP contribution in [-0.2, 0) is 6.54 Å². The summed E-state index contributed by atoms with van der Waals surface area (Å²) in [4.78, 5) is 4.60. The van der Waals surface area contributed by atoms with Crippen LogP contribution in [0, 0.1) is 0 Å². The summed E-state index contributed by atoms with van der Waals surface area (Å²) in [6.45, 7) is 2.75. The molecule has 1 aliphatic rings. The molecule has 0 saturated heterocycles. The van der Waals surface area contributed by atoms with Gasteiger partial charge in [0.05, 0.1) is 23.6 Å². The minimum absolute atomic E-state index is 0.433. The second kappa shape index (κ2) is 5.05. The van der Waals surface area contributed by atoms with Crippen molar-refractivity contribution in [1.82, 2.24) is 10.2 Å². The highest BCUT2D eigenvalue weighted by Crippen LogP contribution is 2.32. The zero-order valence-electron chi connectivity index (χ0n) is 10.8. The number of nitrogens with zero attached hydrogens (tertiary/aromatic N) is 4. The van der Waals surface area contributed by atoms with E-state index in [1.807, 2.05) is 6.07 Å². The SMILES string of the molecule is CN1CCN(Cc2ccc(Cl)nn2)c2ccccc21. The van der Waals surface area contributed by atoms with Gasteiger partial charge in [0.15, 0.2) is 5.15 Å². The van der Waals surface area contributed by atoms with Crippen molar-refractivity contribution in [3.05, 3.63) is 47.2 Å². The van der Waals surface area contributed by atoms with E-state index >= 15 is 0 Å². The maximum absolute atomic E-state index is 5.76. The van der Waals surface area contributed by atoms with E-state index in [0.29, 0.717) is 5.15 Å². The summed E-state index contributed by atoms with van der Waals surface area (Å²) >= 11 is 5.76. The molecule has 1 aliphatic heterocycles. The van der Waals surface area contributed by atoms with Crippen LogP contribution in [0.5, 0.6) is 0 Å². The Morgan fingerprint density at radius 1 is 1.05 bits per heavy atom. The number of anilines is 2. The molecule has 0 aliphatic carbocycles. The molecule has 2 aromatic rings. The predicted octanol–water partition coefficient (Wildman–Crippen LogP) is 2.59. The average molecular weight is 275 g/mol. The van der Waals surface area contributed by atoms with Gasteiger partial charge in [-0.2, -0.15) is 5.10 Å². The van der Waals surface area contributed by atoms with Crippen LogP contribution >= 0.6 is 11.6 Å². The van der Waals surface area contributed by atoms with Gasteiger partial charge in [-0.1, -0.05) is 23.7 Å². The molecule has 0 unspecified atom stereocenters. The van der Waals surface area contributed by atoms with E-state index in [1.165, 1.54) is 11.4 Å². The quantitative estimate of drug-likeness (QED) is 0.843. The summed E-state index contributed by atoms with van der Waals surface area (Å²) in [5, 5.41) is 8.45. The average Bonchev–Trinajstić information content (AvgIpc) is 2.45. The number of likely N-dealkylation sites (N-methyl/N-ethyl adjacent to an activating group) is 1. The van der Waals surface area contributed by atoms with Gasteiger partial charge in [0.25, 0.3) is 0 Å². The number of fused-ring (bicyclic) bond motifs is 1. The predicted molar refractivity (Wildman–Crippen MR) is 77.8 cm³/mol. The van der Waals surface area contributed by atoms with Crippen molar-refractivity contribution in [2.45, 2.75) is 6.54 Å². The minimum Gasteiger partial charge on any atom is -0.371 e. The maximum atomic E-state index is 5.76. The van der Waals surface area contributed by atoms with Crippen LogP contribution in [0.2, 0.25) is 5.15 Å². The highest BCUT2D eigenvalue weighted by Gasteiger charge is 2.20. The zero-order valence-corrected chi connectivity index (χ0v) is 11.5. The van der Waals surface area contributed by atoms with Crippen molar-refractivity contribution in [1.29, 1.82) is 0 Å². The second-order valence-electron chi connectivity index (χ2n) is 4.68. The third kappa shape index (κ3) is 2.49. The fourth-order valence-electron chi connectivity index (χ4n) is 2.35. The first-order valence-electron chi connectivity index (χ1n) is 6.27. The van der Waals surface area contributed by atoms with Crippen LogP contribution in [0.1, 0.15) is 5.69 Å². The molecule has 5 heteroatoms. The molecular weight excluding hydrogens is 260 g/mol. The lowest BCUT2D eigenvalue weighted by molar-refractivity contribution is 0.716. The summed E-state index contributed by atoms with van der Waals surface area (Å²) in [7, 11) is 2.12. The molecule has 0 fully saturated rings. The van der Waals surface area contributed by atoms with E-state index in [0.717, 1.165) is 25.3 Å². The van der Waals surface area contributed by atoms with Crippen LogP contribution in [0.4, 0.5) is 11.4 Å². The van der Waals surface area contributed by atoms with Gasteiger partial charge in [0, 0.05) is 20.1 Å². The largest absolute Gasteiger partial charge is 0.371 e. The first kappa shape index (κ1) is 12.2. The summed E-state index contributed by atoms with van der Waals surface area (Å²) < 4.78 is 0. The lowest BCUT2D eigenvalue weighted by Crippen LogP contribution is -2.38. The Kier molecular flexibility index (Phi) is 3.25. The van der Waals surface area contributed by atoms with Crippen LogP contribution in [0.25, 0.3) is 0 Å². The third-order valence-corrected chi connectivity index (χ3v) is 3.58. The molecule has 0 spiro atoms. The molecule has 4 nitrogen and oxygen atoms in total. The Morgan fingerprint density at radius 3 is 2.58 bits per heavy atom. The van der Waals surface area contributed by atoms with E-state index in [4.69, 9.17) is 11.6 Å². The lowest BCUT2D eigenvalue weighted by atomic mass is 10.1. The van der Waals surface area contributed by atoms with Gasteiger partial charge in [-0.25, -0.2) is 0 Å². The van der Waals surface area contributed by atoms with Gasteiger partial charge >= 0.3 is 0 Å². The summed E-state index contributed by atoms with van der Waals surface area (Å²) in [5.41, 5.74) is 3.44. The molecule has 2 heterocycles. The standard InChI is InChI=1S/C14H15ClN4/c1-18-8-9-19(13-5-3-2-4-12(13)18)10-11-6-7-14(15)17-16-11/h2-7H,8-10H2,1H3. The van der Waals surface area contributed by atoms with Gasteiger partial charge in [-0.15, -0.1) is 5.10 Å².